The highest BCUT2D eigenvalue weighted by atomic mass is 16.5. The minimum atomic E-state index is -0.128. The molecular formula is C26H50O4. The summed E-state index contributed by atoms with van der Waals surface area (Å²) in [7, 11) is 0. The molecule has 0 aliphatic rings. The largest absolute Gasteiger partial charge is 0.466 e. The highest BCUT2D eigenvalue weighted by Crippen LogP contribution is 2.13. The Balaban J connectivity index is 3.20. The van der Waals surface area contributed by atoms with Crippen molar-refractivity contribution in [3.05, 3.63) is 0 Å². The lowest BCUT2D eigenvalue weighted by Crippen LogP contribution is -2.06. The maximum absolute atomic E-state index is 11.7. The van der Waals surface area contributed by atoms with Gasteiger partial charge in [0.2, 0.25) is 0 Å². The Kier molecular flexibility index (Phi) is 23.4. The molecule has 30 heavy (non-hydrogen) atoms. The molecule has 0 fully saturated rings. The number of esters is 2. The van der Waals surface area contributed by atoms with Gasteiger partial charge >= 0.3 is 11.9 Å². The second-order valence-corrected chi connectivity index (χ2v) is 8.60. The third-order valence-electron chi connectivity index (χ3n) is 5.49. The molecule has 4 heteroatoms. The first-order valence-electron chi connectivity index (χ1n) is 13.0. The van der Waals surface area contributed by atoms with Crippen molar-refractivity contribution in [3.63, 3.8) is 0 Å². The standard InChI is InChI=1S/C26H50O4/c1-3-5-6-7-8-9-10-11-12-13-14-15-16-20-24-30-26(28)22-19-17-18-21-25(27)29-23-4-2/h3-24H2,1-2H3. The average Bonchev–Trinajstić information content (AvgIpc) is 2.74. The molecule has 0 heterocycles. The van der Waals surface area contributed by atoms with Crippen LogP contribution in [-0.2, 0) is 19.1 Å². The van der Waals surface area contributed by atoms with Crippen molar-refractivity contribution in [2.45, 2.75) is 142 Å². The molecule has 0 aromatic heterocycles. The predicted molar refractivity (Wildman–Crippen MR) is 126 cm³/mol. The zero-order valence-corrected chi connectivity index (χ0v) is 20.2. The lowest BCUT2D eigenvalue weighted by molar-refractivity contribution is -0.144. The second-order valence-electron chi connectivity index (χ2n) is 8.60. The summed E-state index contributed by atoms with van der Waals surface area (Å²) in [4.78, 5) is 23.1. The van der Waals surface area contributed by atoms with Gasteiger partial charge in [0.05, 0.1) is 13.2 Å². The number of rotatable bonds is 23. The van der Waals surface area contributed by atoms with Crippen LogP contribution in [0.4, 0.5) is 0 Å². The highest BCUT2D eigenvalue weighted by molar-refractivity contribution is 5.69. The van der Waals surface area contributed by atoms with E-state index in [2.05, 4.69) is 6.92 Å². The molecule has 4 nitrogen and oxygen atoms in total. The molecule has 178 valence electrons. The van der Waals surface area contributed by atoms with Gasteiger partial charge in [-0.25, -0.2) is 0 Å². The Morgan fingerprint density at radius 3 is 1.23 bits per heavy atom. The van der Waals surface area contributed by atoms with Crippen molar-refractivity contribution >= 4 is 11.9 Å². The first-order valence-corrected chi connectivity index (χ1v) is 13.0. The summed E-state index contributed by atoms with van der Waals surface area (Å²) in [6.07, 6.45) is 22.9. The summed E-state index contributed by atoms with van der Waals surface area (Å²) >= 11 is 0. The van der Waals surface area contributed by atoms with Gasteiger partial charge in [0.25, 0.3) is 0 Å². The zero-order chi connectivity index (χ0) is 22.1. The fraction of sp³-hybridized carbons (Fsp3) is 0.923. The van der Waals surface area contributed by atoms with Crippen molar-refractivity contribution in [1.29, 1.82) is 0 Å². The lowest BCUT2D eigenvalue weighted by atomic mass is 10.0. The van der Waals surface area contributed by atoms with E-state index in [0.29, 0.717) is 26.1 Å². The van der Waals surface area contributed by atoms with Gasteiger partial charge in [0.15, 0.2) is 0 Å². The van der Waals surface area contributed by atoms with Gasteiger partial charge in [-0.1, -0.05) is 104 Å². The van der Waals surface area contributed by atoms with Gasteiger partial charge in [-0.3, -0.25) is 9.59 Å². The molecule has 0 aromatic rings. The zero-order valence-electron chi connectivity index (χ0n) is 20.2. The Labute approximate surface area is 186 Å². The molecule has 0 rings (SSSR count). The molecule has 0 saturated carbocycles. The van der Waals surface area contributed by atoms with E-state index in [1.54, 1.807) is 0 Å². The number of carbonyl (C=O) groups excluding carboxylic acids is 2. The summed E-state index contributed by atoms with van der Waals surface area (Å²) in [6, 6.07) is 0. The monoisotopic (exact) mass is 426 g/mol. The van der Waals surface area contributed by atoms with Crippen LogP contribution in [-0.4, -0.2) is 25.2 Å². The van der Waals surface area contributed by atoms with Gasteiger partial charge in [0, 0.05) is 12.8 Å². The van der Waals surface area contributed by atoms with E-state index in [0.717, 1.165) is 38.5 Å². The van der Waals surface area contributed by atoms with Crippen LogP contribution in [0, 0.1) is 0 Å². The third kappa shape index (κ3) is 23.2. The minimum absolute atomic E-state index is 0.0988. The summed E-state index contributed by atoms with van der Waals surface area (Å²) in [6.45, 7) is 5.32. The van der Waals surface area contributed by atoms with E-state index < -0.39 is 0 Å². The first-order chi connectivity index (χ1) is 14.7. The molecule has 0 bridgehead atoms. The van der Waals surface area contributed by atoms with Crippen LogP contribution in [0.2, 0.25) is 0 Å². The van der Waals surface area contributed by atoms with Crippen LogP contribution >= 0.6 is 0 Å². The van der Waals surface area contributed by atoms with Gasteiger partial charge in [-0.2, -0.15) is 0 Å². The van der Waals surface area contributed by atoms with Crippen molar-refractivity contribution in [2.24, 2.45) is 0 Å². The highest BCUT2D eigenvalue weighted by Gasteiger charge is 2.05. The number of carbonyl (C=O) groups is 2. The predicted octanol–water partition coefficient (Wildman–Crippen LogP) is 7.91. The molecule has 0 unspecified atom stereocenters. The molecular weight excluding hydrogens is 376 g/mol. The smallest absolute Gasteiger partial charge is 0.305 e. The molecule has 0 aliphatic heterocycles. The van der Waals surface area contributed by atoms with E-state index in [4.69, 9.17) is 9.47 Å². The molecule has 0 aliphatic carbocycles. The van der Waals surface area contributed by atoms with Crippen LogP contribution in [0.3, 0.4) is 0 Å². The quantitative estimate of drug-likeness (QED) is 0.123. The third-order valence-corrected chi connectivity index (χ3v) is 5.49. The average molecular weight is 427 g/mol. The maximum Gasteiger partial charge on any atom is 0.305 e. The van der Waals surface area contributed by atoms with E-state index in [9.17, 15) is 9.59 Å². The summed E-state index contributed by atoms with van der Waals surface area (Å²) in [5.74, 6) is -0.226. The lowest BCUT2D eigenvalue weighted by Gasteiger charge is -2.06. The van der Waals surface area contributed by atoms with Gasteiger partial charge in [-0.15, -0.1) is 0 Å². The molecule has 0 aromatic carbocycles. The first kappa shape index (κ1) is 28.9. The molecule has 0 amide bonds. The van der Waals surface area contributed by atoms with Crippen LogP contribution in [0.15, 0.2) is 0 Å². The number of hydrogen-bond acceptors (Lipinski definition) is 4. The number of hydrogen-bond donors (Lipinski definition) is 0. The fourth-order valence-corrected chi connectivity index (χ4v) is 3.56. The number of unbranched alkanes of at least 4 members (excludes halogenated alkanes) is 15. The molecule has 0 saturated heterocycles. The summed E-state index contributed by atoms with van der Waals surface area (Å²) < 4.78 is 10.3. The molecule has 0 N–H and O–H groups in total. The maximum atomic E-state index is 11.7. The molecule has 0 radical (unpaired) electrons. The van der Waals surface area contributed by atoms with Crippen LogP contribution in [0.25, 0.3) is 0 Å². The van der Waals surface area contributed by atoms with Gasteiger partial charge in [0.1, 0.15) is 0 Å². The van der Waals surface area contributed by atoms with Crippen molar-refractivity contribution in [1.82, 2.24) is 0 Å². The van der Waals surface area contributed by atoms with E-state index in [-0.39, 0.29) is 11.9 Å². The molecule has 0 spiro atoms. The molecule has 0 atom stereocenters. The Morgan fingerprint density at radius 1 is 0.433 bits per heavy atom. The second kappa shape index (κ2) is 24.2. The van der Waals surface area contributed by atoms with Crippen molar-refractivity contribution in [3.8, 4) is 0 Å². The topological polar surface area (TPSA) is 52.6 Å². The minimum Gasteiger partial charge on any atom is -0.466 e. The SMILES string of the molecule is CCCCCCCCCCCCCCCCOC(=O)CCCCCC(=O)OCCC. The van der Waals surface area contributed by atoms with Crippen LogP contribution < -0.4 is 0 Å². The van der Waals surface area contributed by atoms with Crippen LogP contribution in [0.1, 0.15) is 142 Å². The fourth-order valence-electron chi connectivity index (χ4n) is 3.56. The van der Waals surface area contributed by atoms with Crippen molar-refractivity contribution < 1.29 is 19.1 Å². The van der Waals surface area contributed by atoms with Gasteiger partial charge < -0.3 is 9.47 Å². The summed E-state index contributed by atoms with van der Waals surface area (Å²) in [5.41, 5.74) is 0. The number of ether oxygens (including phenoxy) is 2. The van der Waals surface area contributed by atoms with Gasteiger partial charge in [-0.05, 0) is 25.7 Å². The van der Waals surface area contributed by atoms with Crippen molar-refractivity contribution in [2.75, 3.05) is 13.2 Å². The van der Waals surface area contributed by atoms with E-state index >= 15 is 0 Å². The normalized spacial score (nSPS) is 10.9. The van der Waals surface area contributed by atoms with E-state index in [1.807, 2.05) is 6.92 Å². The van der Waals surface area contributed by atoms with E-state index in [1.165, 1.54) is 77.0 Å². The Bertz CT molecular complexity index is 381. The summed E-state index contributed by atoms with van der Waals surface area (Å²) in [5, 5.41) is 0. The van der Waals surface area contributed by atoms with Crippen LogP contribution in [0.5, 0.6) is 0 Å². The Hall–Kier alpha value is -1.06. The Morgan fingerprint density at radius 2 is 0.800 bits per heavy atom.